The average molecular weight is 192 g/mol. The highest BCUT2D eigenvalue weighted by molar-refractivity contribution is 5.04. The second-order valence-electron chi connectivity index (χ2n) is 4.59. The Morgan fingerprint density at radius 3 is 3.00 bits per heavy atom. The molecule has 1 aromatic rings. The molecular formula is C12H20N2. The van der Waals surface area contributed by atoms with Gasteiger partial charge in [-0.05, 0) is 44.2 Å². The summed E-state index contributed by atoms with van der Waals surface area (Å²) in [5, 5.41) is 0. The zero-order chi connectivity index (χ0) is 9.97. The van der Waals surface area contributed by atoms with Crippen LogP contribution in [0.15, 0.2) is 18.3 Å². The molecule has 2 heteroatoms. The van der Waals surface area contributed by atoms with Gasteiger partial charge in [0.25, 0.3) is 0 Å². The second-order valence-corrected chi connectivity index (χ2v) is 4.59. The monoisotopic (exact) mass is 192 g/mol. The Labute approximate surface area is 86.1 Å². The third kappa shape index (κ3) is 2.18. The maximum Gasteiger partial charge on any atom is 0.0251 e. The molecule has 1 fully saturated rings. The fourth-order valence-electron chi connectivity index (χ4n) is 2.48. The van der Waals surface area contributed by atoms with Gasteiger partial charge in [-0.3, -0.25) is 0 Å². The molecule has 1 aliphatic carbocycles. The summed E-state index contributed by atoms with van der Waals surface area (Å²) in [7, 11) is 0. The SMILES string of the molecule is Cc1cccn1CC1CCCC(N)C1. The molecule has 1 aliphatic rings. The molecule has 78 valence electrons. The second kappa shape index (κ2) is 4.18. The standard InChI is InChI=1S/C12H20N2/c1-10-4-3-7-14(10)9-11-5-2-6-12(13)8-11/h3-4,7,11-12H,2,5-6,8-9,13H2,1H3. The summed E-state index contributed by atoms with van der Waals surface area (Å²) < 4.78 is 2.35. The van der Waals surface area contributed by atoms with Crippen LogP contribution in [-0.2, 0) is 6.54 Å². The summed E-state index contributed by atoms with van der Waals surface area (Å²) in [4.78, 5) is 0. The normalized spacial score (nSPS) is 27.9. The van der Waals surface area contributed by atoms with Crippen LogP contribution in [0.1, 0.15) is 31.4 Å². The third-order valence-corrected chi connectivity index (χ3v) is 3.33. The number of nitrogens with two attached hydrogens (primary N) is 1. The first-order valence-corrected chi connectivity index (χ1v) is 5.63. The van der Waals surface area contributed by atoms with Crippen molar-refractivity contribution in [3.05, 3.63) is 24.0 Å². The lowest BCUT2D eigenvalue weighted by atomic mass is 9.86. The lowest BCUT2D eigenvalue weighted by Gasteiger charge is -2.27. The molecule has 0 radical (unpaired) electrons. The van der Waals surface area contributed by atoms with E-state index in [1.165, 1.54) is 31.4 Å². The maximum absolute atomic E-state index is 5.98. The number of hydrogen-bond acceptors (Lipinski definition) is 1. The zero-order valence-electron chi connectivity index (χ0n) is 8.95. The minimum Gasteiger partial charge on any atom is -0.351 e. The van der Waals surface area contributed by atoms with E-state index in [0.29, 0.717) is 6.04 Å². The first kappa shape index (κ1) is 9.78. The molecule has 1 heterocycles. The predicted octanol–water partition coefficient (Wildman–Crippen LogP) is 2.31. The van der Waals surface area contributed by atoms with E-state index in [-0.39, 0.29) is 0 Å². The van der Waals surface area contributed by atoms with Crippen molar-refractivity contribution in [2.24, 2.45) is 11.7 Å². The van der Waals surface area contributed by atoms with Crippen LogP contribution in [-0.4, -0.2) is 10.6 Å². The zero-order valence-corrected chi connectivity index (χ0v) is 8.95. The quantitative estimate of drug-likeness (QED) is 0.766. The lowest BCUT2D eigenvalue weighted by molar-refractivity contribution is 0.289. The molecule has 2 atom stereocenters. The van der Waals surface area contributed by atoms with E-state index in [1.807, 2.05) is 0 Å². The summed E-state index contributed by atoms with van der Waals surface area (Å²) in [6.45, 7) is 3.33. The van der Waals surface area contributed by atoms with Gasteiger partial charge >= 0.3 is 0 Å². The molecule has 0 bridgehead atoms. The molecule has 2 rings (SSSR count). The van der Waals surface area contributed by atoms with E-state index in [1.54, 1.807) is 0 Å². The molecule has 2 nitrogen and oxygen atoms in total. The Bertz CT molecular complexity index is 290. The topological polar surface area (TPSA) is 30.9 Å². The molecule has 0 spiro atoms. The number of aryl methyl sites for hydroxylation is 1. The van der Waals surface area contributed by atoms with Crippen molar-refractivity contribution in [2.45, 2.75) is 45.2 Å². The van der Waals surface area contributed by atoms with Crippen LogP contribution >= 0.6 is 0 Å². The predicted molar refractivity (Wildman–Crippen MR) is 59.1 cm³/mol. The Balaban J connectivity index is 1.94. The van der Waals surface area contributed by atoms with Crippen molar-refractivity contribution in [3.8, 4) is 0 Å². The van der Waals surface area contributed by atoms with Crippen LogP contribution in [0, 0.1) is 12.8 Å². The van der Waals surface area contributed by atoms with Gasteiger partial charge in [0.15, 0.2) is 0 Å². The Hall–Kier alpha value is -0.760. The number of rotatable bonds is 2. The van der Waals surface area contributed by atoms with Crippen LogP contribution in [0.2, 0.25) is 0 Å². The Kier molecular flexibility index (Phi) is 2.92. The van der Waals surface area contributed by atoms with E-state index in [9.17, 15) is 0 Å². The molecule has 1 saturated carbocycles. The van der Waals surface area contributed by atoms with Gasteiger partial charge in [-0.15, -0.1) is 0 Å². The summed E-state index contributed by atoms with van der Waals surface area (Å²) in [6.07, 6.45) is 7.27. The Morgan fingerprint density at radius 1 is 1.50 bits per heavy atom. The van der Waals surface area contributed by atoms with Crippen LogP contribution < -0.4 is 5.73 Å². The average Bonchev–Trinajstić information content (AvgIpc) is 2.52. The van der Waals surface area contributed by atoms with Gasteiger partial charge in [-0.25, -0.2) is 0 Å². The van der Waals surface area contributed by atoms with Crippen molar-refractivity contribution < 1.29 is 0 Å². The molecule has 0 amide bonds. The van der Waals surface area contributed by atoms with Crippen LogP contribution in [0.25, 0.3) is 0 Å². The van der Waals surface area contributed by atoms with Crippen molar-refractivity contribution in [3.63, 3.8) is 0 Å². The van der Waals surface area contributed by atoms with Crippen molar-refractivity contribution in [1.29, 1.82) is 0 Å². The van der Waals surface area contributed by atoms with Crippen molar-refractivity contribution >= 4 is 0 Å². The number of aromatic nitrogens is 1. The van der Waals surface area contributed by atoms with Crippen LogP contribution in [0.5, 0.6) is 0 Å². The number of nitrogens with zero attached hydrogens (tertiary/aromatic N) is 1. The van der Waals surface area contributed by atoms with Gasteiger partial charge in [0.1, 0.15) is 0 Å². The van der Waals surface area contributed by atoms with Crippen LogP contribution in [0.3, 0.4) is 0 Å². The van der Waals surface area contributed by atoms with E-state index in [2.05, 4.69) is 29.8 Å². The minimum atomic E-state index is 0.449. The van der Waals surface area contributed by atoms with Gasteiger partial charge in [0, 0.05) is 24.5 Å². The molecule has 2 unspecified atom stereocenters. The van der Waals surface area contributed by atoms with Gasteiger partial charge in [0.05, 0.1) is 0 Å². The first-order chi connectivity index (χ1) is 6.75. The molecule has 1 aromatic heterocycles. The highest BCUT2D eigenvalue weighted by Gasteiger charge is 2.19. The smallest absolute Gasteiger partial charge is 0.0251 e. The first-order valence-electron chi connectivity index (χ1n) is 5.63. The maximum atomic E-state index is 5.98. The summed E-state index contributed by atoms with van der Waals surface area (Å²) >= 11 is 0. The minimum absolute atomic E-state index is 0.449. The van der Waals surface area contributed by atoms with Crippen molar-refractivity contribution in [1.82, 2.24) is 4.57 Å². The Morgan fingerprint density at radius 2 is 2.36 bits per heavy atom. The van der Waals surface area contributed by atoms with E-state index < -0.39 is 0 Å². The number of hydrogen-bond donors (Lipinski definition) is 1. The lowest BCUT2D eigenvalue weighted by Crippen LogP contribution is -2.29. The molecule has 0 saturated heterocycles. The fraction of sp³-hybridized carbons (Fsp3) is 0.667. The van der Waals surface area contributed by atoms with Crippen molar-refractivity contribution in [2.75, 3.05) is 0 Å². The van der Waals surface area contributed by atoms with Gasteiger partial charge in [-0.2, -0.15) is 0 Å². The molecule has 2 N–H and O–H groups in total. The molecule has 0 aromatic carbocycles. The molecule has 14 heavy (non-hydrogen) atoms. The van der Waals surface area contributed by atoms with E-state index >= 15 is 0 Å². The van der Waals surface area contributed by atoms with E-state index in [4.69, 9.17) is 5.73 Å². The summed E-state index contributed by atoms with van der Waals surface area (Å²) in [5.74, 6) is 0.796. The van der Waals surface area contributed by atoms with Gasteiger partial charge < -0.3 is 10.3 Å². The summed E-state index contributed by atoms with van der Waals surface area (Å²) in [6, 6.07) is 4.74. The van der Waals surface area contributed by atoms with E-state index in [0.717, 1.165) is 12.5 Å². The highest BCUT2D eigenvalue weighted by Crippen LogP contribution is 2.24. The molecule has 0 aliphatic heterocycles. The molecular weight excluding hydrogens is 172 g/mol. The van der Waals surface area contributed by atoms with Gasteiger partial charge in [0.2, 0.25) is 0 Å². The van der Waals surface area contributed by atoms with Crippen LogP contribution in [0.4, 0.5) is 0 Å². The van der Waals surface area contributed by atoms with Gasteiger partial charge in [-0.1, -0.05) is 6.42 Å². The largest absolute Gasteiger partial charge is 0.351 e. The third-order valence-electron chi connectivity index (χ3n) is 3.33. The highest BCUT2D eigenvalue weighted by atomic mass is 15.0. The fourth-order valence-corrected chi connectivity index (χ4v) is 2.48. The summed E-state index contributed by atoms with van der Waals surface area (Å²) in [5.41, 5.74) is 7.35.